The largest absolute Gasteiger partial charge is 0.343 e. The first-order chi connectivity index (χ1) is 15.6. The number of para-hydroxylation sites is 1. The van der Waals surface area contributed by atoms with E-state index in [0.717, 1.165) is 16.8 Å². The Morgan fingerprint density at radius 2 is 1.25 bits per heavy atom. The van der Waals surface area contributed by atoms with Crippen LogP contribution in [0, 0.1) is 5.92 Å². The molecule has 1 aliphatic rings. The molecular weight excluding hydrogens is 398 g/mol. The summed E-state index contributed by atoms with van der Waals surface area (Å²) < 4.78 is 0. The summed E-state index contributed by atoms with van der Waals surface area (Å²) >= 11 is 0. The quantitative estimate of drug-likeness (QED) is 0.601. The summed E-state index contributed by atoms with van der Waals surface area (Å²) in [5.41, 5.74) is 2.24. The molecule has 5 heteroatoms. The maximum atomic E-state index is 13.3. The van der Waals surface area contributed by atoms with E-state index < -0.39 is 5.54 Å². The van der Waals surface area contributed by atoms with Crippen LogP contribution in [0.15, 0.2) is 91.0 Å². The van der Waals surface area contributed by atoms with Crippen molar-refractivity contribution >= 4 is 17.6 Å². The number of hydrogen-bond acceptors (Lipinski definition) is 2. The Hall–Kier alpha value is -3.60. The first-order valence-corrected chi connectivity index (χ1v) is 11.1. The van der Waals surface area contributed by atoms with Crippen molar-refractivity contribution in [1.82, 2.24) is 10.2 Å². The lowest BCUT2D eigenvalue weighted by Gasteiger charge is -2.36. The minimum absolute atomic E-state index is 0.0309. The lowest BCUT2D eigenvalue weighted by Crippen LogP contribution is -2.50. The van der Waals surface area contributed by atoms with Gasteiger partial charge in [0.1, 0.15) is 0 Å². The molecule has 2 N–H and O–H groups in total. The second-order valence-corrected chi connectivity index (χ2v) is 8.40. The van der Waals surface area contributed by atoms with Crippen molar-refractivity contribution in [2.75, 3.05) is 18.4 Å². The van der Waals surface area contributed by atoms with Crippen molar-refractivity contribution in [3.63, 3.8) is 0 Å². The molecule has 0 bridgehead atoms. The number of nitrogens with zero attached hydrogens (tertiary/aromatic N) is 1. The van der Waals surface area contributed by atoms with E-state index >= 15 is 0 Å². The molecule has 1 saturated heterocycles. The van der Waals surface area contributed by atoms with Crippen LogP contribution < -0.4 is 10.6 Å². The third-order valence-electron chi connectivity index (χ3n) is 6.25. The third kappa shape index (κ3) is 4.83. The number of piperidine rings is 1. The van der Waals surface area contributed by atoms with Crippen LogP contribution in [0.3, 0.4) is 0 Å². The minimum Gasteiger partial charge on any atom is -0.343 e. The van der Waals surface area contributed by atoms with Gasteiger partial charge in [-0.2, -0.15) is 0 Å². The van der Waals surface area contributed by atoms with Crippen LogP contribution in [0.4, 0.5) is 10.5 Å². The van der Waals surface area contributed by atoms with E-state index in [1.807, 2.05) is 91.0 Å². The first-order valence-electron chi connectivity index (χ1n) is 11.1. The lowest BCUT2D eigenvalue weighted by molar-refractivity contribution is -0.127. The Labute approximate surface area is 189 Å². The van der Waals surface area contributed by atoms with Crippen molar-refractivity contribution in [3.05, 3.63) is 102 Å². The summed E-state index contributed by atoms with van der Waals surface area (Å²) in [5, 5.41) is 6.24. The van der Waals surface area contributed by atoms with E-state index in [9.17, 15) is 9.59 Å². The molecule has 1 fully saturated rings. The molecule has 0 atom stereocenters. The molecule has 1 aliphatic heterocycles. The second kappa shape index (κ2) is 9.69. The van der Waals surface area contributed by atoms with Gasteiger partial charge in [-0.15, -0.1) is 0 Å². The van der Waals surface area contributed by atoms with Crippen LogP contribution in [0.25, 0.3) is 0 Å². The van der Waals surface area contributed by atoms with Gasteiger partial charge in [0.2, 0.25) is 5.91 Å². The van der Waals surface area contributed by atoms with Crippen LogP contribution in [0.2, 0.25) is 0 Å². The van der Waals surface area contributed by atoms with Crippen molar-refractivity contribution in [3.8, 4) is 0 Å². The standard InChI is InChI=1S/C27H29N3O2/c1-27(22-11-5-2-6-12-22,23-13-7-3-8-14-23)29-25(31)21-17-19-30(20-18-21)26(32)28-24-15-9-4-10-16-24/h2-16,21H,17-20H2,1H3,(H,28,32)(H,29,31). The summed E-state index contributed by atoms with van der Waals surface area (Å²) in [6.07, 6.45) is 1.29. The van der Waals surface area contributed by atoms with E-state index in [0.29, 0.717) is 25.9 Å². The summed E-state index contributed by atoms with van der Waals surface area (Å²) in [6, 6.07) is 29.4. The Bertz CT molecular complexity index is 991. The maximum Gasteiger partial charge on any atom is 0.321 e. The van der Waals surface area contributed by atoms with Gasteiger partial charge in [0.05, 0.1) is 5.54 Å². The maximum absolute atomic E-state index is 13.3. The molecule has 164 valence electrons. The van der Waals surface area contributed by atoms with E-state index in [1.165, 1.54) is 0 Å². The lowest BCUT2D eigenvalue weighted by atomic mass is 9.83. The summed E-state index contributed by atoms with van der Waals surface area (Å²) in [5.74, 6) is -0.0918. The van der Waals surface area contributed by atoms with Crippen molar-refractivity contribution in [1.29, 1.82) is 0 Å². The summed E-state index contributed by atoms with van der Waals surface area (Å²) in [7, 11) is 0. The van der Waals surface area contributed by atoms with Crippen molar-refractivity contribution in [2.24, 2.45) is 5.92 Å². The summed E-state index contributed by atoms with van der Waals surface area (Å²) in [6.45, 7) is 3.17. The van der Waals surface area contributed by atoms with Gasteiger partial charge >= 0.3 is 6.03 Å². The Morgan fingerprint density at radius 3 is 1.75 bits per heavy atom. The molecule has 3 aromatic carbocycles. The topological polar surface area (TPSA) is 61.4 Å². The van der Waals surface area contributed by atoms with Gasteiger partial charge in [-0.25, -0.2) is 4.79 Å². The van der Waals surface area contributed by atoms with Gasteiger partial charge in [-0.3, -0.25) is 4.79 Å². The zero-order chi connectivity index (χ0) is 22.4. The fraction of sp³-hybridized carbons (Fsp3) is 0.259. The van der Waals surface area contributed by atoms with Crippen molar-refractivity contribution in [2.45, 2.75) is 25.3 Å². The average molecular weight is 428 g/mol. The number of hydrogen-bond donors (Lipinski definition) is 2. The van der Waals surface area contributed by atoms with Gasteiger partial charge in [0.15, 0.2) is 0 Å². The zero-order valence-corrected chi connectivity index (χ0v) is 18.3. The second-order valence-electron chi connectivity index (χ2n) is 8.40. The number of carbonyl (C=O) groups excluding carboxylic acids is 2. The zero-order valence-electron chi connectivity index (χ0n) is 18.3. The van der Waals surface area contributed by atoms with Crippen LogP contribution >= 0.6 is 0 Å². The minimum atomic E-state index is -0.624. The fourth-order valence-electron chi connectivity index (χ4n) is 4.27. The molecule has 3 aromatic rings. The van der Waals surface area contributed by atoms with Crippen LogP contribution in [0.5, 0.6) is 0 Å². The predicted molar refractivity (Wildman–Crippen MR) is 127 cm³/mol. The van der Waals surface area contributed by atoms with Crippen LogP contribution in [-0.2, 0) is 10.3 Å². The predicted octanol–water partition coefficient (Wildman–Crippen LogP) is 5.01. The highest BCUT2D eigenvalue weighted by Gasteiger charge is 2.34. The van der Waals surface area contributed by atoms with Crippen LogP contribution in [0.1, 0.15) is 30.9 Å². The molecular formula is C27H29N3O2. The molecule has 4 rings (SSSR count). The molecule has 0 saturated carbocycles. The van der Waals surface area contributed by atoms with E-state index in [1.54, 1.807) is 4.90 Å². The smallest absolute Gasteiger partial charge is 0.321 e. The normalized spacial score (nSPS) is 14.6. The van der Waals surface area contributed by atoms with Gasteiger partial charge in [0, 0.05) is 24.7 Å². The third-order valence-corrected chi connectivity index (χ3v) is 6.25. The number of anilines is 1. The molecule has 0 aromatic heterocycles. The van der Waals surface area contributed by atoms with E-state index in [-0.39, 0.29) is 17.9 Å². The number of rotatable bonds is 5. The highest BCUT2D eigenvalue weighted by molar-refractivity contribution is 5.89. The molecule has 0 spiro atoms. The first kappa shape index (κ1) is 21.6. The van der Waals surface area contributed by atoms with Gasteiger partial charge in [-0.05, 0) is 43.0 Å². The SMILES string of the molecule is CC(NC(=O)C1CCN(C(=O)Nc2ccccc2)CC1)(c1ccccc1)c1ccccc1. The number of urea groups is 1. The van der Waals surface area contributed by atoms with E-state index in [4.69, 9.17) is 0 Å². The molecule has 0 radical (unpaired) electrons. The summed E-state index contributed by atoms with van der Waals surface area (Å²) in [4.78, 5) is 27.6. The monoisotopic (exact) mass is 427 g/mol. The Morgan fingerprint density at radius 1 is 0.781 bits per heavy atom. The Kier molecular flexibility index (Phi) is 6.55. The Balaban J connectivity index is 1.41. The average Bonchev–Trinajstić information content (AvgIpc) is 2.85. The van der Waals surface area contributed by atoms with Gasteiger partial charge in [0.25, 0.3) is 0 Å². The molecule has 32 heavy (non-hydrogen) atoms. The molecule has 0 aliphatic carbocycles. The number of amides is 3. The highest BCUT2D eigenvalue weighted by atomic mass is 16.2. The van der Waals surface area contributed by atoms with Crippen molar-refractivity contribution < 1.29 is 9.59 Å². The number of nitrogens with one attached hydrogen (secondary N) is 2. The van der Waals surface area contributed by atoms with Gasteiger partial charge < -0.3 is 15.5 Å². The van der Waals surface area contributed by atoms with E-state index in [2.05, 4.69) is 17.6 Å². The fourth-order valence-corrected chi connectivity index (χ4v) is 4.27. The number of carbonyl (C=O) groups is 2. The van der Waals surface area contributed by atoms with Gasteiger partial charge in [-0.1, -0.05) is 78.9 Å². The number of likely N-dealkylation sites (tertiary alicyclic amines) is 1. The molecule has 1 heterocycles. The molecule has 0 unspecified atom stereocenters. The highest BCUT2D eigenvalue weighted by Crippen LogP contribution is 2.30. The molecule has 3 amide bonds. The molecule has 5 nitrogen and oxygen atoms in total. The number of benzene rings is 3. The van der Waals surface area contributed by atoms with Crippen LogP contribution in [-0.4, -0.2) is 29.9 Å².